The average Bonchev–Trinajstić information content (AvgIpc) is 2.11. The number of ether oxygens (including phenoxy) is 1. The summed E-state index contributed by atoms with van der Waals surface area (Å²) in [5, 5.41) is 0. The summed E-state index contributed by atoms with van der Waals surface area (Å²) in [6.45, 7) is 0. The Hall–Kier alpha value is -1.52. The first-order valence-corrected chi connectivity index (χ1v) is 3.81. The number of hydrogen-bond donors (Lipinski definition) is 0. The quantitative estimate of drug-likeness (QED) is 0.332. The molecule has 0 aliphatic carbocycles. The van der Waals surface area contributed by atoms with Gasteiger partial charge < -0.3 is 14.3 Å². The second-order valence-electron chi connectivity index (χ2n) is 2.26. The van der Waals surface area contributed by atoms with Gasteiger partial charge in [-0.15, -0.1) is 0 Å². The van der Waals surface area contributed by atoms with Gasteiger partial charge in [0.2, 0.25) is 0 Å². The fraction of sp³-hybridized carbons (Fsp3) is 0.500. The number of aldehydes is 2. The minimum absolute atomic E-state index is 0.0415. The number of rotatable bonds is 6. The molecule has 0 aliphatic heterocycles. The average molecular weight is 186 g/mol. The van der Waals surface area contributed by atoms with Crippen LogP contribution in [0, 0.1) is 0 Å². The van der Waals surface area contributed by atoms with Gasteiger partial charge >= 0.3 is 11.9 Å². The molecule has 0 bridgehead atoms. The second kappa shape index (κ2) is 7.15. The lowest BCUT2D eigenvalue weighted by atomic mass is 10.3. The van der Waals surface area contributed by atoms with E-state index in [1.165, 1.54) is 0 Å². The molecule has 0 amide bonds. The molecule has 0 fully saturated rings. The molecule has 0 atom stereocenters. The zero-order valence-electron chi connectivity index (χ0n) is 7.02. The molecule has 0 aromatic rings. The maximum atomic E-state index is 10.7. The maximum Gasteiger partial charge on any atom is 0.313 e. The van der Waals surface area contributed by atoms with Crippen molar-refractivity contribution >= 4 is 24.5 Å². The van der Waals surface area contributed by atoms with Crippen LogP contribution in [-0.4, -0.2) is 24.5 Å². The summed E-state index contributed by atoms with van der Waals surface area (Å²) >= 11 is 0. The number of carbonyl (C=O) groups is 4. The third-order valence-corrected chi connectivity index (χ3v) is 1.16. The molecule has 0 heterocycles. The normalized spacial score (nSPS) is 8.92. The number of esters is 2. The van der Waals surface area contributed by atoms with Crippen LogP contribution in [0.1, 0.15) is 25.7 Å². The van der Waals surface area contributed by atoms with Crippen LogP contribution in [0.15, 0.2) is 0 Å². The summed E-state index contributed by atoms with van der Waals surface area (Å²) in [7, 11) is 0. The molecule has 72 valence electrons. The Bertz CT molecular complexity index is 187. The Morgan fingerprint density at radius 2 is 1.31 bits per heavy atom. The lowest BCUT2D eigenvalue weighted by molar-refractivity contribution is -0.160. The minimum Gasteiger partial charge on any atom is -0.393 e. The van der Waals surface area contributed by atoms with Gasteiger partial charge in [-0.2, -0.15) is 0 Å². The highest BCUT2D eigenvalue weighted by atomic mass is 16.6. The van der Waals surface area contributed by atoms with E-state index >= 15 is 0 Å². The van der Waals surface area contributed by atoms with E-state index in [2.05, 4.69) is 4.74 Å². The van der Waals surface area contributed by atoms with Gasteiger partial charge in [-0.1, -0.05) is 0 Å². The number of hydrogen-bond acceptors (Lipinski definition) is 5. The fourth-order valence-electron chi connectivity index (χ4n) is 0.583. The Balaban J connectivity index is 3.58. The van der Waals surface area contributed by atoms with E-state index in [0.717, 1.165) is 0 Å². The fourth-order valence-corrected chi connectivity index (χ4v) is 0.583. The van der Waals surface area contributed by atoms with Crippen LogP contribution in [0.25, 0.3) is 0 Å². The topological polar surface area (TPSA) is 77.5 Å². The molecule has 0 aromatic carbocycles. The van der Waals surface area contributed by atoms with Crippen molar-refractivity contribution in [2.45, 2.75) is 25.7 Å². The van der Waals surface area contributed by atoms with Crippen molar-refractivity contribution in [1.29, 1.82) is 0 Å². The Morgan fingerprint density at radius 1 is 0.923 bits per heavy atom. The second-order valence-corrected chi connectivity index (χ2v) is 2.26. The molecule has 0 unspecified atom stereocenters. The lowest BCUT2D eigenvalue weighted by Gasteiger charge is -1.98. The summed E-state index contributed by atoms with van der Waals surface area (Å²) in [4.78, 5) is 41.0. The van der Waals surface area contributed by atoms with Gasteiger partial charge in [0.15, 0.2) is 0 Å². The van der Waals surface area contributed by atoms with Gasteiger partial charge in [0.1, 0.15) is 12.6 Å². The van der Waals surface area contributed by atoms with Gasteiger partial charge in [0.25, 0.3) is 0 Å². The first-order valence-electron chi connectivity index (χ1n) is 3.81. The monoisotopic (exact) mass is 186 g/mol. The van der Waals surface area contributed by atoms with Crippen molar-refractivity contribution in [3.63, 3.8) is 0 Å². The van der Waals surface area contributed by atoms with Crippen LogP contribution >= 0.6 is 0 Å². The smallest absolute Gasteiger partial charge is 0.313 e. The first kappa shape index (κ1) is 11.5. The highest BCUT2D eigenvalue weighted by molar-refractivity contribution is 5.86. The standard InChI is InChI=1S/C8H10O5/c9-5-1-3-7(11)13-8(12)4-2-6-10/h5-6H,1-4H2. The summed E-state index contributed by atoms with van der Waals surface area (Å²) in [6, 6.07) is 0. The maximum absolute atomic E-state index is 10.7. The predicted octanol–water partition coefficient (Wildman–Crippen LogP) is 0.0144. The molecule has 0 aliphatic rings. The molecule has 5 heteroatoms. The lowest BCUT2D eigenvalue weighted by Crippen LogP contribution is -2.12. The minimum atomic E-state index is -0.733. The first-order chi connectivity index (χ1) is 6.20. The molecular formula is C8H10O5. The van der Waals surface area contributed by atoms with E-state index in [1.807, 2.05) is 0 Å². The molecule has 0 N–H and O–H groups in total. The summed E-state index contributed by atoms with van der Waals surface area (Å²) < 4.78 is 4.26. The molecule has 0 rings (SSSR count). The molecule has 0 spiro atoms. The molecular weight excluding hydrogens is 176 g/mol. The molecule has 0 aromatic heterocycles. The SMILES string of the molecule is O=CCCC(=O)OC(=O)CCC=O. The Labute approximate surface area is 75.1 Å². The van der Waals surface area contributed by atoms with E-state index in [0.29, 0.717) is 12.6 Å². The number of carbonyl (C=O) groups excluding carboxylic acids is 4. The van der Waals surface area contributed by atoms with Crippen molar-refractivity contribution in [2.24, 2.45) is 0 Å². The molecule has 0 radical (unpaired) electrons. The van der Waals surface area contributed by atoms with Gasteiger partial charge in [0.05, 0.1) is 12.8 Å². The van der Waals surface area contributed by atoms with Crippen LogP contribution in [0.4, 0.5) is 0 Å². The van der Waals surface area contributed by atoms with E-state index in [-0.39, 0.29) is 25.7 Å². The Morgan fingerprint density at radius 3 is 1.62 bits per heavy atom. The molecule has 13 heavy (non-hydrogen) atoms. The van der Waals surface area contributed by atoms with Crippen molar-refractivity contribution in [3.05, 3.63) is 0 Å². The van der Waals surface area contributed by atoms with Crippen LogP contribution in [0.5, 0.6) is 0 Å². The van der Waals surface area contributed by atoms with E-state index in [1.54, 1.807) is 0 Å². The van der Waals surface area contributed by atoms with Crippen molar-refractivity contribution in [2.75, 3.05) is 0 Å². The van der Waals surface area contributed by atoms with Gasteiger partial charge in [-0.05, 0) is 0 Å². The van der Waals surface area contributed by atoms with E-state index in [9.17, 15) is 19.2 Å². The van der Waals surface area contributed by atoms with Crippen molar-refractivity contribution < 1.29 is 23.9 Å². The molecule has 5 nitrogen and oxygen atoms in total. The highest BCUT2D eigenvalue weighted by Gasteiger charge is 2.08. The largest absolute Gasteiger partial charge is 0.393 e. The zero-order chi connectivity index (χ0) is 10.1. The van der Waals surface area contributed by atoms with Gasteiger partial charge in [-0.3, -0.25) is 9.59 Å². The third kappa shape index (κ3) is 6.86. The summed E-state index contributed by atoms with van der Waals surface area (Å²) in [5.74, 6) is -1.47. The molecule has 0 saturated heterocycles. The van der Waals surface area contributed by atoms with Crippen LogP contribution in [0.2, 0.25) is 0 Å². The third-order valence-electron chi connectivity index (χ3n) is 1.16. The summed E-state index contributed by atoms with van der Waals surface area (Å²) in [6.07, 6.45) is 1.01. The van der Waals surface area contributed by atoms with Crippen LogP contribution in [-0.2, 0) is 23.9 Å². The Kier molecular flexibility index (Phi) is 6.31. The van der Waals surface area contributed by atoms with E-state index in [4.69, 9.17) is 0 Å². The van der Waals surface area contributed by atoms with Crippen LogP contribution < -0.4 is 0 Å². The predicted molar refractivity (Wildman–Crippen MR) is 41.7 cm³/mol. The zero-order valence-corrected chi connectivity index (χ0v) is 7.02. The van der Waals surface area contributed by atoms with Crippen molar-refractivity contribution in [3.8, 4) is 0 Å². The van der Waals surface area contributed by atoms with Crippen LogP contribution in [0.3, 0.4) is 0 Å². The van der Waals surface area contributed by atoms with Gasteiger partial charge in [0, 0.05) is 12.8 Å². The highest BCUT2D eigenvalue weighted by Crippen LogP contribution is 1.95. The van der Waals surface area contributed by atoms with Crippen molar-refractivity contribution in [1.82, 2.24) is 0 Å². The summed E-state index contributed by atoms with van der Waals surface area (Å²) in [5.41, 5.74) is 0. The molecule has 0 saturated carbocycles. The van der Waals surface area contributed by atoms with Gasteiger partial charge in [-0.25, -0.2) is 0 Å². The van der Waals surface area contributed by atoms with E-state index < -0.39 is 11.9 Å².